The van der Waals surface area contributed by atoms with E-state index in [0.29, 0.717) is 25.0 Å². The van der Waals surface area contributed by atoms with Gasteiger partial charge < -0.3 is 26.8 Å². The summed E-state index contributed by atoms with van der Waals surface area (Å²) >= 11 is 7.05. The minimum atomic E-state index is -1.21. The highest BCUT2D eigenvalue weighted by atomic mass is 32.2. The van der Waals surface area contributed by atoms with Gasteiger partial charge in [-0.2, -0.15) is 36.2 Å². The molecule has 31 heavy (non-hydrogen) atoms. The molecule has 0 aromatic carbocycles. The maximum absolute atomic E-state index is 12.9. The van der Waals surface area contributed by atoms with Gasteiger partial charge in [0.25, 0.3) is 0 Å². The molecule has 0 saturated heterocycles. The molecular weight excluding hydrogens is 460 g/mol. The van der Waals surface area contributed by atoms with E-state index in [0.717, 1.165) is 5.75 Å². The van der Waals surface area contributed by atoms with Crippen molar-refractivity contribution in [2.24, 2.45) is 11.7 Å². The van der Waals surface area contributed by atoms with Crippen LogP contribution in [-0.2, 0) is 19.2 Å². The highest BCUT2D eigenvalue weighted by Gasteiger charge is 2.30. The number of nitrogens with one attached hydrogen (secondary N) is 3. The molecule has 0 aromatic heterocycles. The van der Waals surface area contributed by atoms with Gasteiger partial charge in [0.05, 0.1) is 6.04 Å². The number of thioether (sulfide) groups is 2. The molecule has 180 valence electrons. The number of carboxylic acid groups (broad SMARTS) is 1. The van der Waals surface area contributed by atoms with Crippen LogP contribution in [0, 0.1) is 5.92 Å². The van der Waals surface area contributed by atoms with Crippen LogP contribution in [0.5, 0.6) is 0 Å². The van der Waals surface area contributed by atoms with Gasteiger partial charge in [0.15, 0.2) is 0 Å². The van der Waals surface area contributed by atoms with Crippen molar-refractivity contribution in [2.45, 2.75) is 57.3 Å². The van der Waals surface area contributed by atoms with E-state index >= 15 is 0 Å². The summed E-state index contributed by atoms with van der Waals surface area (Å²) in [5.41, 5.74) is 5.90. The van der Waals surface area contributed by atoms with Crippen LogP contribution in [0.2, 0.25) is 0 Å². The Morgan fingerprint density at radius 1 is 0.871 bits per heavy atom. The van der Waals surface area contributed by atoms with Crippen LogP contribution in [0.15, 0.2) is 0 Å². The second-order valence-electron chi connectivity index (χ2n) is 7.50. The first-order valence-corrected chi connectivity index (χ1v) is 13.5. The van der Waals surface area contributed by atoms with E-state index in [1.165, 1.54) is 11.8 Å². The van der Waals surface area contributed by atoms with Gasteiger partial charge in [-0.05, 0) is 49.2 Å². The predicted molar refractivity (Wildman–Crippen MR) is 131 cm³/mol. The number of amides is 3. The Bertz CT molecular complexity index is 595. The van der Waals surface area contributed by atoms with Gasteiger partial charge in [-0.1, -0.05) is 13.8 Å². The van der Waals surface area contributed by atoms with Crippen LogP contribution in [0.3, 0.4) is 0 Å². The van der Waals surface area contributed by atoms with E-state index < -0.39 is 47.9 Å². The highest BCUT2D eigenvalue weighted by molar-refractivity contribution is 7.98. The van der Waals surface area contributed by atoms with Crippen LogP contribution >= 0.6 is 36.2 Å². The summed E-state index contributed by atoms with van der Waals surface area (Å²) in [7, 11) is 0. The van der Waals surface area contributed by atoms with E-state index in [4.69, 9.17) is 10.8 Å². The van der Waals surface area contributed by atoms with Crippen molar-refractivity contribution in [2.75, 3.05) is 29.8 Å². The summed E-state index contributed by atoms with van der Waals surface area (Å²) in [6.07, 6.45) is 4.98. The lowest BCUT2D eigenvalue weighted by Crippen LogP contribution is -2.57. The molecule has 4 atom stereocenters. The largest absolute Gasteiger partial charge is 0.480 e. The summed E-state index contributed by atoms with van der Waals surface area (Å²) in [5, 5.41) is 16.9. The number of carboxylic acids is 1. The van der Waals surface area contributed by atoms with Crippen molar-refractivity contribution in [3.63, 3.8) is 0 Å². The lowest BCUT2D eigenvalue weighted by atomic mass is 10.0. The van der Waals surface area contributed by atoms with E-state index in [1.54, 1.807) is 11.8 Å². The first kappa shape index (κ1) is 29.9. The number of carbonyl (C=O) groups excluding carboxylic acids is 3. The van der Waals surface area contributed by atoms with Crippen molar-refractivity contribution in [1.82, 2.24) is 16.0 Å². The molecule has 0 heterocycles. The van der Waals surface area contributed by atoms with Crippen molar-refractivity contribution < 1.29 is 24.3 Å². The van der Waals surface area contributed by atoms with Crippen molar-refractivity contribution in [1.29, 1.82) is 0 Å². The SMILES string of the molecule is CSCCC(N)C(=O)NC(CCSC)C(=O)NC(CC(C)C)C(=O)NC(CS)C(=O)O. The maximum atomic E-state index is 12.9. The standard InChI is InChI=1S/C19H36N4O5S3/c1-11(2)9-14(18(26)23-15(10-29)19(27)28)22-17(25)13(6-8-31-4)21-16(24)12(20)5-7-30-3/h11-15,29H,5-10,20H2,1-4H3,(H,21,24)(H,22,25)(H,23,26)(H,27,28). The molecular formula is C19H36N4O5S3. The summed E-state index contributed by atoms with van der Waals surface area (Å²) < 4.78 is 0. The van der Waals surface area contributed by atoms with E-state index in [1.807, 2.05) is 26.4 Å². The monoisotopic (exact) mass is 496 g/mol. The quantitative estimate of drug-likeness (QED) is 0.167. The molecule has 0 saturated carbocycles. The van der Waals surface area contributed by atoms with Gasteiger partial charge in [-0.25, -0.2) is 4.79 Å². The number of aliphatic carboxylic acids is 1. The van der Waals surface area contributed by atoms with Gasteiger partial charge in [-0.15, -0.1) is 0 Å². The van der Waals surface area contributed by atoms with Crippen LogP contribution in [-0.4, -0.2) is 82.7 Å². The third-order valence-corrected chi connectivity index (χ3v) is 6.00. The molecule has 12 heteroatoms. The Morgan fingerprint density at radius 3 is 1.84 bits per heavy atom. The summed E-state index contributed by atoms with van der Waals surface area (Å²) in [6.45, 7) is 3.77. The van der Waals surface area contributed by atoms with Crippen molar-refractivity contribution in [3.05, 3.63) is 0 Å². The van der Waals surface area contributed by atoms with Crippen LogP contribution in [0.25, 0.3) is 0 Å². The second-order valence-corrected chi connectivity index (χ2v) is 9.84. The molecule has 4 unspecified atom stereocenters. The fourth-order valence-corrected chi connectivity index (χ4v) is 3.80. The smallest absolute Gasteiger partial charge is 0.327 e. The zero-order valence-electron chi connectivity index (χ0n) is 18.6. The number of carbonyl (C=O) groups is 4. The number of hydrogen-bond donors (Lipinski definition) is 6. The predicted octanol–water partition coefficient (Wildman–Crippen LogP) is 0.335. The highest BCUT2D eigenvalue weighted by Crippen LogP contribution is 2.08. The lowest BCUT2D eigenvalue weighted by molar-refractivity contribution is -0.141. The molecule has 0 fully saturated rings. The second kappa shape index (κ2) is 16.5. The molecule has 0 bridgehead atoms. The fourth-order valence-electron chi connectivity index (χ4n) is 2.59. The molecule has 6 N–H and O–H groups in total. The number of nitrogens with two attached hydrogens (primary N) is 1. The molecule has 0 rings (SSSR count). The van der Waals surface area contributed by atoms with Gasteiger partial charge in [0, 0.05) is 5.75 Å². The number of thiol groups is 1. The van der Waals surface area contributed by atoms with Crippen LogP contribution in [0.1, 0.15) is 33.1 Å². The average molecular weight is 497 g/mol. The van der Waals surface area contributed by atoms with Crippen molar-refractivity contribution >= 4 is 59.8 Å². The van der Waals surface area contributed by atoms with Gasteiger partial charge in [0.1, 0.15) is 18.1 Å². The minimum absolute atomic E-state index is 0.0644. The molecule has 9 nitrogen and oxygen atoms in total. The zero-order chi connectivity index (χ0) is 24.0. The molecule has 0 aliphatic rings. The first-order chi connectivity index (χ1) is 14.6. The Labute approximate surface area is 198 Å². The molecule has 0 aliphatic heterocycles. The summed E-state index contributed by atoms with van der Waals surface area (Å²) in [5.74, 6) is -1.39. The number of rotatable bonds is 16. The lowest BCUT2D eigenvalue weighted by Gasteiger charge is -2.26. The van der Waals surface area contributed by atoms with E-state index in [9.17, 15) is 19.2 Å². The minimum Gasteiger partial charge on any atom is -0.480 e. The van der Waals surface area contributed by atoms with E-state index in [2.05, 4.69) is 28.6 Å². The van der Waals surface area contributed by atoms with E-state index in [-0.39, 0.29) is 11.7 Å². The summed E-state index contributed by atoms with van der Waals surface area (Å²) in [6, 6.07) is -3.67. The fraction of sp³-hybridized carbons (Fsp3) is 0.789. The Hall–Kier alpha value is -1.11. The molecule has 3 amide bonds. The van der Waals surface area contributed by atoms with Crippen LogP contribution < -0.4 is 21.7 Å². The van der Waals surface area contributed by atoms with Crippen LogP contribution in [0.4, 0.5) is 0 Å². The topological polar surface area (TPSA) is 151 Å². The van der Waals surface area contributed by atoms with Crippen molar-refractivity contribution in [3.8, 4) is 0 Å². The Kier molecular flexibility index (Phi) is 15.9. The van der Waals surface area contributed by atoms with Gasteiger partial charge in [0.2, 0.25) is 17.7 Å². The molecule has 0 aliphatic carbocycles. The summed E-state index contributed by atoms with van der Waals surface area (Å²) in [4.78, 5) is 49.2. The Morgan fingerprint density at radius 2 is 1.35 bits per heavy atom. The maximum Gasteiger partial charge on any atom is 0.327 e. The number of hydrogen-bond acceptors (Lipinski definition) is 8. The molecule has 0 spiro atoms. The van der Waals surface area contributed by atoms with Gasteiger partial charge >= 0.3 is 5.97 Å². The third kappa shape index (κ3) is 12.5. The first-order valence-electron chi connectivity index (χ1n) is 10.1. The zero-order valence-corrected chi connectivity index (χ0v) is 21.1. The van der Waals surface area contributed by atoms with Gasteiger partial charge in [-0.3, -0.25) is 14.4 Å². The molecule has 0 aromatic rings. The average Bonchev–Trinajstić information content (AvgIpc) is 2.71. The normalized spacial score (nSPS) is 14.9. The molecule has 0 radical (unpaired) electrons. The third-order valence-electron chi connectivity index (χ3n) is 4.35. The Balaban J connectivity index is 5.31.